The third-order valence-corrected chi connectivity index (χ3v) is 6.13. The van der Waals surface area contributed by atoms with Crippen molar-refractivity contribution in [2.24, 2.45) is 11.1 Å². The Balaban J connectivity index is 1.79. The molecule has 0 N–H and O–H groups in total. The van der Waals surface area contributed by atoms with Gasteiger partial charge < -0.3 is 19.2 Å². The molecule has 0 radical (unpaired) electrons. The van der Waals surface area contributed by atoms with E-state index in [0.717, 1.165) is 44.9 Å². The first-order valence-electron chi connectivity index (χ1n) is 12.4. The van der Waals surface area contributed by atoms with Gasteiger partial charge in [-0.1, -0.05) is 5.16 Å². The summed E-state index contributed by atoms with van der Waals surface area (Å²) < 4.78 is 27.5. The lowest BCUT2D eigenvalue weighted by Crippen LogP contribution is -2.43. The van der Waals surface area contributed by atoms with Gasteiger partial charge in [-0.05, 0) is 86.5 Å². The summed E-state index contributed by atoms with van der Waals surface area (Å²) in [5.41, 5.74) is 0.289. The maximum atomic E-state index is 14.4. The number of amides is 1. The molecule has 1 aliphatic carbocycles. The van der Waals surface area contributed by atoms with E-state index in [9.17, 15) is 9.18 Å². The highest BCUT2D eigenvalue weighted by molar-refractivity contribution is 6.00. The van der Waals surface area contributed by atoms with E-state index >= 15 is 0 Å². The second-order valence-corrected chi connectivity index (χ2v) is 11.4. The van der Waals surface area contributed by atoms with Crippen LogP contribution in [0.25, 0.3) is 0 Å². The monoisotopic (exact) mass is 480 g/mol. The van der Waals surface area contributed by atoms with Crippen LogP contribution >= 0.6 is 0 Å². The van der Waals surface area contributed by atoms with Gasteiger partial charge in [-0.2, -0.15) is 4.39 Å². The summed E-state index contributed by atoms with van der Waals surface area (Å²) in [6, 6.07) is 1.51. The van der Waals surface area contributed by atoms with Crippen LogP contribution < -0.4 is 0 Å². The molecule has 0 bridgehead atoms. The zero-order valence-corrected chi connectivity index (χ0v) is 21.8. The number of hydrogen-bond donors (Lipinski definition) is 0. The molecule has 1 amide bonds. The lowest BCUT2D eigenvalue weighted by molar-refractivity contribution is -0.0409. The summed E-state index contributed by atoms with van der Waals surface area (Å²) in [5.74, 6) is -0.491. The van der Waals surface area contributed by atoms with Gasteiger partial charge in [0.25, 0.3) is 0 Å². The van der Waals surface area contributed by atoms with Crippen LogP contribution in [0.15, 0.2) is 11.2 Å². The number of halogens is 1. The van der Waals surface area contributed by atoms with Crippen molar-refractivity contribution in [3.05, 3.63) is 17.7 Å². The fourth-order valence-corrected chi connectivity index (χ4v) is 4.43. The van der Waals surface area contributed by atoms with Gasteiger partial charge in [-0.25, -0.2) is 9.48 Å². The Morgan fingerprint density at radius 1 is 1.12 bits per heavy atom. The van der Waals surface area contributed by atoms with E-state index in [1.54, 1.807) is 16.6 Å². The van der Waals surface area contributed by atoms with E-state index in [1.807, 2.05) is 41.5 Å². The molecule has 1 aromatic rings. The molecule has 1 aliphatic heterocycles. The molecule has 9 heteroatoms. The second kappa shape index (κ2) is 10.6. The molecule has 192 valence electrons. The largest absolute Gasteiger partial charge is 0.444 e. The average molecular weight is 481 g/mol. The predicted octanol–water partition coefficient (Wildman–Crippen LogP) is 5.67. The van der Waals surface area contributed by atoms with Crippen molar-refractivity contribution in [2.75, 3.05) is 13.7 Å². The van der Waals surface area contributed by atoms with Crippen LogP contribution in [0.4, 0.5) is 9.18 Å². The Morgan fingerprint density at radius 3 is 2.35 bits per heavy atom. The van der Waals surface area contributed by atoms with E-state index in [2.05, 4.69) is 10.3 Å². The normalized spacial score (nSPS) is 24.6. The molecule has 1 saturated heterocycles. The van der Waals surface area contributed by atoms with Crippen molar-refractivity contribution in [3.63, 3.8) is 0 Å². The first-order chi connectivity index (χ1) is 15.8. The lowest BCUT2D eigenvalue weighted by Gasteiger charge is -2.36. The molecule has 2 fully saturated rings. The maximum absolute atomic E-state index is 14.4. The molecule has 1 aromatic heterocycles. The van der Waals surface area contributed by atoms with Gasteiger partial charge in [0.15, 0.2) is 6.23 Å². The van der Waals surface area contributed by atoms with Gasteiger partial charge in [0.2, 0.25) is 5.95 Å². The zero-order chi connectivity index (χ0) is 25.1. The first kappa shape index (κ1) is 26.4. The van der Waals surface area contributed by atoms with Crippen LogP contribution in [0.5, 0.6) is 0 Å². The molecule has 3 rings (SSSR count). The minimum Gasteiger partial charge on any atom is -0.444 e. The molecule has 0 spiro atoms. The molecule has 8 nitrogen and oxygen atoms in total. The predicted molar refractivity (Wildman–Crippen MR) is 128 cm³/mol. The third-order valence-electron chi connectivity index (χ3n) is 6.13. The maximum Gasteiger partial charge on any atom is 0.410 e. The van der Waals surface area contributed by atoms with Gasteiger partial charge in [-0.15, -0.1) is 5.10 Å². The third kappa shape index (κ3) is 7.17. The summed E-state index contributed by atoms with van der Waals surface area (Å²) in [6.45, 7) is 12.0. The Kier molecular flexibility index (Phi) is 8.26. The molecule has 1 saturated carbocycles. The molecular weight excluding hydrogens is 439 g/mol. The molecule has 1 atom stereocenters. The van der Waals surface area contributed by atoms with Crippen molar-refractivity contribution < 1.29 is 23.5 Å². The highest BCUT2D eigenvalue weighted by atomic mass is 19.1. The number of rotatable bonds is 5. The van der Waals surface area contributed by atoms with Gasteiger partial charge in [0, 0.05) is 31.7 Å². The van der Waals surface area contributed by atoms with Gasteiger partial charge in [-0.3, -0.25) is 0 Å². The standard InChI is InChI=1S/C25H41FN4O4/c1-24(2,3)33-23(31)29(7)18-13-11-17(12-14-18)22(28-34-25(4,5)6)19-16-20(26)27-30(19)21-10-8-9-15-32-21/h16-18,21H,8-15H2,1-7H3/b28-22-. The quantitative estimate of drug-likeness (QED) is 0.401. The Morgan fingerprint density at radius 2 is 1.79 bits per heavy atom. The highest BCUT2D eigenvalue weighted by Gasteiger charge is 2.34. The van der Waals surface area contributed by atoms with Crippen LogP contribution in [0.2, 0.25) is 0 Å². The van der Waals surface area contributed by atoms with E-state index in [0.29, 0.717) is 18.0 Å². The van der Waals surface area contributed by atoms with E-state index in [4.69, 9.17) is 14.3 Å². The summed E-state index contributed by atoms with van der Waals surface area (Å²) in [7, 11) is 1.79. The molecule has 2 aliphatic rings. The fraction of sp³-hybridized carbons (Fsp3) is 0.800. The SMILES string of the molecule is CN(C(=O)OC(C)(C)C)C1CCC(/C(=N/OC(C)(C)C)c2cc(F)nn2C2CCCCO2)CC1. The number of nitrogens with zero attached hydrogens (tertiary/aromatic N) is 4. The number of hydrogen-bond acceptors (Lipinski definition) is 6. The number of oxime groups is 1. The highest BCUT2D eigenvalue weighted by Crippen LogP contribution is 2.33. The van der Waals surface area contributed by atoms with E-state index in [-0.39, 0.29) is 24.3 Å². The van der Waals surface area contributed by atoms with Crippen molar-refractivity contribution in [1.82, 2.24) is 14.7 Å². The Labute approximate surface area is 202 Å². The van der Waals surface area contributed by atoms with Gasteiger partial charge >= 0.3 is 6.09 Å². The minimum atomic E-state index is -0.550. The first-order valence-corrected chi connectivity index (χ1v) is 12.4. The summed E-state index contributed by atoms with van der Waals surface area (Å²) in [6.07, 6.45) is 5.37. The van der Waals surface area contributed by atoms with Crippen LogP contribution in [-0.2, 0) is 14.3 Å². The number of ether oxygens (including phenoxy) is 2. The summed E-state index contributed by atoms with van der Waals surface area (Å²) in [4.78, 5) is 20.0. The topological polar surface area (TPSA) is 78.2 Å². The molecule has 1 unspecified atom stereocenters. The van der Waals surface area contributed by atoms with Crippen LogP contribution in [0.1, 0.15) is 98.4 Å². The second-order valence-electron chi connectivity index (χ2n) is 11.4. The molecular formula is C25H41FN4O4. The zero-order valence-electron chi connectivity index (χ0n) is 21.8. The van der Waals surface area contributed by atoms with Crippen molar-refractivity contribution in [2.45, 2.75) is 110 Å². The van der Waals surface area contributed by atoms with Crippen LogP contribution in [-0.4, -0.2) is 57.4 Å². The minimum absolute atomic E-state index is 0.0593. The molecule has 2 heterocycles. The summed E-state index contributed by atoms with van der Waals surface area (Å²) in [5, 5.41) is 8.65. The number of carbonyl (C=O) groups is 1. The number of carbonyl (C=O) groups excluding carboxylic acids is 1. The lowest BCUT2D eigenvalue weighted by atomic mass is 9.81. The van der Waals surface area contributed by atoms with Crippen molar-refractivity contribution in [3.8, 4) is 0 Å². The Hall–Kier alpha value is -2.16. The van der Waals surface area contributed by atoms with Crippen LogP contribution in [0.3, 0.4) is 0 Å². The molecule has 34 heavy (non-hydrogen) atoms. The number of aromatic nitrogens is 2. The average Bonchev–Trinajstić information content (AvgIpc) is 3.14. The van der Waals surface area contributed by atoms with Crippen LogP contribution in [0, 0.1) is 11.9 Å². The van der Waals surface area contributed by atoms with Gasteiger partial charge in [0.05, 0.1) is 5.69 Å². The summed E-state index contributed by atoms with van der Waals surface area (Å²) >= 11 is 0. The van der Waals surface area contributed by atoms with E-state index < -0.39 is 17.1 Å². The van der Waals surface area contributed by atoms with Gasteiger partial charge in [0.1, 0.15) is 16.9 Å². The Bertz CT molecular complexity index is 857. The smallest absolute Gasteiger partial charge is 0.410 e. The fourth-order valence-electron chi connectivity index (χ4n) is 4.43. The molecule has 0 aromatic carbocycles. The van der Waals surface area contributed by atoms with E-state index in [1.165, 1.54) is 6.07 Å². The van der Waals surface area contributed by atoms with Crippen molar-refractivity contribution in [1.29, 1.82) is 0 Å². The van der Waals surface area contributed by atoms with Crippen molar-refractivity contribution >= 4 is 11.8 Å².